The van der Waals surface area contributed by atoms with Gasteiger partial charge in [-0.05, 0) is 94.0 Å². The van der Waals surface area contributed by atoms with Crippen LogP contribution in [0.1, 0.15) is 5.56 Å². The van der Waals surface area contributed by atoms with Crippen molar-refractivity contribution in [3.8, 4) is 50.8 Å². The van der Waals surface area contributed by atoms with E-state index in [2.05, 4.69) is 178 Å². The number of nitriles is 1. The zero-order valence-electron chi connectivity index (χ0n) is 29.1. The maximum absolute atomic E-state index is 10.2. The van der Waals surface area contributed by atoms with Crippen LogP contribution in [0.2, 0.25) is 0 Å². The molecule has 0 amide bonds. The van der Waals surface area contributed by atoms with Gasteiger partial charge in [-0.1, -0.05) is 121 Å². The van der Waals surface area contributed by atoms with Crippen molar-refractivity contribution < 1.29 is 0 Å². The smallest absolute Gasteiger partial charge is 0.211 e. The number of rotatable bonds is 5. The third-order valence-corrected chi connectivity index (χ3v) is 10.6. The molecule has 0 aliphatic heterocycles. The molecule has 0 aliphatic carbocycles. The number of aromatic nitrogens is 2. The number of para-hydroxylation sites is 2. The van der Waals surface area contributed by atoms with Crippen LogP contribution >= 0.6 is 0 Å². The molecule has 0 fully saturated rings. The Balaban J connectivity index is 1.22. The molecule has 0 N–H and O–H groups in total. The molecular weight excluding hydrogens is 657 g/mol. The minimum absolute atomic E-state index is 0.443. The first-order valence-corrected chi connectivity index (χ1v) is 17.9. The lowest BCUT2D eigenvalue weighted by atomic mass is 9.99. The molecule has 0 saturated heterocycles. The van der Waals surface area contributed by atoms with Gasteiger partial charge in [-0.3, -0.25) is 0 Å². The summed E-state index contributed by atoms with van der Waals surface area (Å²) in [6, 6.07) is 65.8. The Bertz CT molecular complexity index is 3120. The molecule has 0 atom stereocenters. The lowest BCUT2D eigenvalue weighted by Gasteiger charge is -2.12. The fourth-order valence-corrected chi connectivity index (χ4v) is 8.07. The van der Waals surface area contributed by atoms with Crippen molar-refractivity contribution in [3.63, 3.8) is 0 Å². The van der Waals surface area contributed by atoms with Crippen LogP contribution < -0.4 is 0 Å². The summed E-state index contributed by atoms with van der Waals surface area (Å²) in [5.74, 6) is 0. The number of fused-ring (bicyclic) bond motifs is 6. The van der Waals surface area contributed by atoms with E-state index >= 15 is 0 Å². The highest BCUT2D eigenvalue weighted by Crippen LogP contribution is 2.42. The molecule has 0 aliphatic rings. The van der Waals surface area contributed by atoms with E-state index in [1.807, 2.05) is 6.07 Å². The van der Waals surface area contributed by atoms with E-state index in [1.54, 1.807) is 18.2 Å². The Hall–Kier alpha value is -7.66. The minimum Gasteiger partial charge on any atom is -0.318 e. The molecule has 10 rings (SSSR count). The standard InChI is InChI=1S/C50H30N4/c1-52-45-19-11-16-39(32-51)50(45)54-47-26-22-36(34-14-7-3-8-15-34)29-43(47)44-30-37(23-27-48(44)54)38-20-24-41-42-28-35(33-12-5-2-6-13-33)21-25-46(42)53(49(41)31-38)40-17-9-4-10-18-40/h2-31H. The monoisotopic (exact) mass is 686 g/mol. The average molecular weight is 687 g/mol. The Kier molecular flexibility index (Phi) is 7.22. The largest absolute Gasteiger partial charge is 0.318 e. The van der Waals surface area contributed by atoms with Crippen molar-refractivity contribution in [1.29, 1.82) is 5.26 Å². The fraction of sp³-hybridized carbons (Fsp3) is 0. The molecule has 0 unspecified atom stereocenters. The summed E-state index contributed by atoms with van der Waals surface area (Å²) >= 11 is 0. The van der Waals surface area contributed by atoms with Crippen molar-refractivity contribution >= 4 is 49.3 Å². The van der Waals surface area contributed by atoms with Gasteiger partial charge in [0.15, 0.2) is 0 Å². The fourth-order valence-electron chi connectivity index (χ4n) is 8.07. The molecule has 2 aromatic heterocycles. The molecule has 4 heteroatoms. The summed E-state index contributed by atoms with van der Waals surface area (Å²) in [6.45, 7) is 8.01. The van der Waals surface area contributed by atoms with E-state index in [4.69, 9.17) is 6.57 Å². The summed E-state index contributed by atoms with van der Waals surface area (Å²) < 4.78 is 4.46. The summed E-state index contributed by atoms with van der Waals surface area (Å²) in [5.41, 5.74) is 13.6. The van der Waals surface area contributed by atoms with Crippen molar-refractivity contribution in [3.05, 3.63) is 199 Å². The Morgan fingerprint density at radius 3 is 1.44 bits per heavy atom. The van der Waals surface area contributed by atoms with Crippen molar-refractivity contribution in [2.24, 2.45) is 0 Å². The molecule has 8 aromatic carbocycles. The van der Waals surface area contributed by atoms with E-state index in [1.165, 1.54) is 21.9 Å². The predicted octanol–water partition coefficient (Wildman–Crippen LogP) is 13.3. The third kappa shape index (κ3) is 4.90. The van der Waals surface area contributed by atoms with Crippen LogP contribution in [0.15, 0.2) is 182 Å². The number of nitrogens with zero attached hydrogens (tertiary/aromatic N) is 4. The summed E-state index contributed by atoms with van der Waals surface area (Å²) in [5, 5.41) is 14.7. The van der Waals surface area contributed by atoms with Crippen LogP contribution in [-0.4, -0.2) is 9.13 Å². The zero-order chi connectivity index (χ0) is 36.2. The maximum Gasteiger partial charge on any atom is 0.211 e. The quantitative estimate of drug-likeness (QED) is 0.166. The molecule has 250 valence electrons. The molecular formula is C50H30N4. The summed E-state index contributed by atoms with van der Waals surface area (Å²) in [6.07, 6.45) is 0. The van der Waals surface area contributed by atoms with Gasteiger partial charge in [0.1, 0.15) is 0 Å². The van der Waals surface area contributed by atoms with Crippen LogP contribution in [0.4, 0.5) is 5.69 Å². The Labute approximate surface area is 312 Å². The third-order valence-electron chi connectivity index (χ3n) is 10.6. The van der Waals surface area contributed by atoms with E-state index in [0.717, 1.165) is 60.8 Å². The van der Waals surface area contributed by atoms with Gasteiger partial charge in [-0.25, -0.2) is 4.85 Å². The molecule has 10 aromatic rings. The zero-order valence-corrected chi connectivity index (χ0v) is 29.1. The van der Waals surface area contributed by atoms with Crippen LogP contribution in [0.25, 0.3) is 93.2 Å². The summed E-state index contributed by atoms with van der Waals surface area (Å²) in [4.78, 5) is 3.86. The van der Waals surface area contributed by atoms with Crippen LogP contribution in [0.5, 0.6) is 0 Å². The molecule has 0 spiro atoms. The molecule has 4 nitrogen and oxygen atoms in total. The topological polar surface area (TPSA) is 38.0 Å². The highest BCUT2D eigenvalue weighted by atomic mass is 15.0. The summed E-state index contributed by atoms with van der Waals surface area (Å²) in [7, 11) is 0. The lowest BCUT2D eigenvalue weighted by molar-refractivity contribution is 1.17. The van der Waals surface area contributed by atoms with Crippen LogP contribution in [0, 0.1) is 17.9 Å². The van der Waals surface area contributed by atoms with Gasteiger partial charge in [0.25, 0.3) is 0 Å². The first-order valence-electron chi connectivity index (χ1n) is 17.9. The first-order chi connectivity index (χ1) is 26.7. The van der Waals surface area contributed by atoms with Gasteiger partial charge in [-0.2, -0.15) is 5.26 Å². The van der Waals surface area contributed by atoms with Gasteiger partial charge in [-0.15, -0.1) is 0 Å². The first kappa shape index (κ1) is 31.1. The van der Waals surface area contributed by atoms with E-state index in [0.29, 0.717) is 16.9 Å². The van der Waals surface area contributed by atoms with Crippen molar-refractivity contribution in [2.75, 3.05) is 0 Å². The molecule has 0 radical (unpaired) electrons. The highest BCUT2D eigenvalue weighted by molar-refractivity contribution is 6.14. The Morgan fingerprint density at radius 2 is 0.889 bits per heavy atom. The van der Waals surface area contributed by atoms with Gasteiger partial charge in [0.2, 0.25) is 5.69 Å². The van der Waals surface area contributed by atoms with Crippen molar-refractivity contribution in [1.82, 2.24) is 9.13 Å². The lowest BCUT2D eigenvalue weighted by Crippen LogP contribution is -1.98. The molecule has 0 saturated carbocycles. The second-order valence-corrected chi connectivity index (χ2v) is 13.6. The second kappa shape index (κ2) is 12.5. The average Bonchev–Trinajstić information content (AvgIpc) is 3.75. The maximum atomic E-state index is 10.2. The predicted molar refractivity (Wildman–Crippen MR) is 222 cm³/mol. The SMILES string of the molecule is [C-]#[N+]c1cccc(C#N)c1-n1c2ccc(-c3ccccc3)cc2c2cc(-c3ccc4c5cc(-c6ccccc6)ccc5n(-c5ccccc5)c4c3)ccc21. The highest BCUT2D eigenvalue weighted by Gasteiger charge is 2.20. The molecule has 2 heterocycles. The van der Waals surface area contributed by atoms with Gasteiger partial charge < -0.3 is 9.13 Å². The van der Waals surface area contributed by atoms with E-state index in [9.17, 15) is 5.26 Å². The number of benzene rings is 8. The normalized spacial score (nSPS) is 11.3. The van der Waals surface area contributed by atoms with E-state index in [-0.39, 0.29) is 0 Å². The Morgan fingerprint density at radius 1 is 0.407 bits per heavy atom. The number of hydrogen-bond acceptors (Lipinski definition) is 1. The molecule has 0 bridgehead atoms. The van der Waals surface area contributed by atoms with Gasteiger partial charge in [0.05, 0.1) is 46.0 Å². The van der Waals surface area contributed by atoms with Gasteiger partial charge in [0, 0.05) is 27.2 Å². The minimum atomic E-state index is 0.443. The number of hydrogen-bond donors (Lipinski definition) is 0. The van der Waals surface area contributed by atoms with Crippen LogP contribution in [-0.2, 0) is 0 Å². The second-order valence-electron chi connectivity index (χ2n) is 13.6. The van der Waals surface area contributed by atoms with Gasteiger partial charge >= 0.3 is 0 Å². The van der Waals surface area contributed by atoms with Crippen molar-refractivity contribution in [2.45, 2.75) is 0 Å². The van der Waals surface area contributed by atoms with E-state index < -0.39 is 0 Å². The van der Waals surface area contributed by atoms with Crippen LogP contribution in [0.3, 0.4) is 0 Å². The molecule has 54 heavy (non-hydrogen) atoms.